The van der Waals surface area contributed by atoms with Crippen LogP contribution in [0.2, 0.25) is 5.02 Å². The molecule has 1 aromatic carbocycles. The first kappa shape index (κ1) is 15.5. The van der Waals surface area contributed by atoms with Crippen molar-refractivity contribution in [3.63, 3.8) is 0 Å². The first-order valence-corrected chi connectivity index (χ1v) is 5.32. The number of aliphatic hydroxyl groups excluding tert-OH is 1. The minimum Gasteiger partial charge on any atom is -0.381 e. The molecular weight excluding hydrogens is 302 g/mol. The van der Waals surface area contributed by atoms with E-state index in [0.717, 1.165) is 13.0 Å². The van der Waals surface area contributed by atoms with Gasteiger partial charge in [-0.25, -0.2) is 0 Å². The van der Waals surface area contributed by atoms with Gasteiger partial charge in [0.2, 0.25) is 0 Å². The summed E-state index contributed by atoms with van der Waals surface area (Å²) in [5.41, 5.74) is -2.19. The smallest absolute Gasteiger partial charge is 0.381 e. The van der Waals surface area contributed by atoms with E-state index in [1.165, 1.54) is 0 Å². The average Bonchev–Trinajstić information content (AvgIpc) is 2.17. The summed E-state index contributed by atoms with van der Waals surface area (Å²) >= 11 is 10.1. The molecule has 18 heavy (non-hydrogen) atoms. The van der Waals surface area contributed by atoms with E-state index in [9.17, 15) is 22.0 Å². The van der Waals surface area contributed by atoms with E-state index in [2.05, 4.69) is 11.6 Å². The Labute approximate surface area is 109 Å². The zero-order valence-electron chi connectivity index (χ0n) is 8.83. The van der Waals surface area contributed by atoms with Crippen LogP contribution in [0.15, 0.2) is 12.1 Å². The van der Waals surface area contributed by atoms with Gasteiger partial charge in [-0.3, -0.25) is 0 Å². The molecule has 1 N–H and O–H groups in total. The number of alkyl halides is 6. The fraction of sp³-hybridized carbons (Fsp3) is 0.400. The van der Waals surface area contributed by atoms with Gasteiger partial charge in [-0.1, -0.05) is 11.6 Å². The molecule has 0 saturated heterocycles. The largest absolute Gasteiger partial charge is 0.416 e. The molecule has 0 radical (unpaired) electrons. The molecule has 0 aliphatic heterocycles. The second-order valence-corrected chi connectivity index (χ2v) is 4.53. The number of rotatable bonds is 2. The molecule has 0 aliphatic rings. The van der Waals surface area contributed by atoms with E-state index >= 15 is 0 Å². The van der Waals surface area contributed by atoms with Gasteiger partial charge in [0.05, 0.1) is 5.56 Å². The predicted molar refractivity (Wildman–Crippen MR) is 57.0 cm³/mol. The van der Waals surface area contributed by atoms with E-state index in [4.69, 9.17) is 16.7 Å². The summed E-state index contributed by atoms with van der Waals surface area (Å²) in [6.45, 7) is 1.10. The standard InChI is InChI=1S/C10H7Cl2F5O/c1-4-6(10(15,16)17)2-5(3-7(4)11)8(18)9(12,13)14/h2-3,8,18H,1H3. The van der Waals surface area contributed by atoms with E-state index < -0.39 is 28.8 Å². The molecule has 0 spiro atoms. The van der Waals surface area contributed by atoms with Crippen molar-refractivity contribution < 1.29 is 27.1 Å². The quantitative estimate of drug-likeness (QED) is 0.628. The lowest BCUT2D eigenvalue weighted by Crippen LogP contribution is -2.20. The van der Waals surface area contributed by atoms with Crippen molar-refractivity contribution in [3.05, 3.63) is 33.8 Å². The third-order valence-corrected chi connectivity index (χ3v) is 2.90. The molecule has 1 nitrogen and oxygen atoms in total. The van der Waals surface area contributed by atoms with Gasteiger partial charge >= 0.3 is 11.6 Å². The van der Waals surface area contributed by atoms with Crippen molar-refractivity contribution >= 4 is 23.2 Å². The molecule has 102 valence electrons. The van der Waals surface area contributed by atoms with Crippen LogP contribution in [0.4, 0.5) is 22.0 Å². The zero-order valence-corrected chi connectivity index (χ0v) is 10.3. The molecule has 0 saturated carbocycles. The van der Waals surface area contributed by atoms with E-state index in [1.54, 1.807) is 0 Å². The van der Waals surface area contributed by atoms with Crippen LogP contribution < -0.4 is 0 Å². The van der Waals surface area contributed by atoms with Crippen molar-refractivity contribution in [2.45, 2.75) is 24.6 Å². The summed E-state index contributed by atoms with van der Waals surface area (Å²) in [6.07, 6.45) is -7.33. The Morgan fingerprint density at radius 3 is 2.06 bits per heavy atom. The molecule has 0 bridgehead atoms. The molecule has 0 fully saturated rings. The molecule has 0 aliphatic carbocycles. The fourth-order valence-corrected chi connectivity index (χ4v) is 1.69. The lowest BCUT2D eigenvalue weighted by atomic mass is 10.0. The highest BCUT2D eigenvalue weighted by atomic mass is 35.5. The first-order valence-electron chi connectivity index (χ1n) is 4.56. The lowest BCUT2D eigenvalue weighted by Gasteiger charge is -2.19. The summed E-state index contributed by atoms with van der Waals surface area (Å²) in [6, 6.07) is 1.23. The summed E-state index contributed by atoms with van der Waals surface area (Å²) < 4.78 is 63.1. The second-order valence-electron chi connectivity index (χ2n) is 3.62. The predicted octanol–water partition coefficient (Wildman–Crippen LogP) is 4.53. The van der Waals surface area contributed by atoms with Crippen LogP contribution in [-0.2, 0) is 6.18 Å². The van der Waals surface area contributed by atoms with Crippen molar-refractivity contribution in [2.24, 2.45) is 0 Å². The summed E-state index contributed by atoms with van der Waals surface area (Å²) in [4.78, 5) is 0. The SMILES string of the molecule is Cc1c(Cl)cc(C(O)C(F)(F)Cl)cc1C(F)(F)F. The minimum atomic E-state index is -4.76. The molecule has 0 heterocycles. The van der Waals surface area contributed by atoms with Gasteiger partial charge in [0, 0.05) is 5.02 Å². The van der Waals surface area contributed by atoms with Crippen LogP contribution in [0, 0.1) is 6.92 Å². The summed E-state index contributed by atoms with van der Waals surface area (Å²) in [5, 5.41) is 4.70. The van der Waals surface area contributed by atoms with Gasteiger partial charge in [0.15, 0.2) is 6.10 Å². The van der Waals surface area contributed by atoms with Crippen molar-refractivity contribution in [1.29, 1.82) is 0 Å². The van der Waals surface area contributed by atoms with Crippen LogP contribution in [0.5, 0.6) is 0 Å². The summed E-state index contributed by atoms with van der Waals surface area (Å²) in [5.74, 6) is 0. The maximum atomic E-state index is 12.7. The first-order chi connectivity index (χ1) is 7.94. The Bertz CT molecular complexity index is 453. The van der Waals surface area contributed by atoms with Crippen molar-refractivity contribution in [1.82, 2.24) is 0 Å². The molecule has 0 aromatic heterocycles. The normalized spacial score (nSPS) is 14.7. The molecule has 0 amide bonds. The van der Waals surface area contributed by atoms with Gasteiger partial charge < -0.3 is 5.11 Å². The topological polar surface area (TPSA) is 20.2 Å². The lowest BCUT2D eigenvalue weighted by molar-refractivity contribution is -0.138. The van der Waals surface area contributed by atoms with Crippen LogP contribution in [0.1, 0.15) is 22.8 Å². The molecule has 1 aromatic rings. The number of halogens is 7. The van der Waals surface area contributed by atoms with Gasteiger partial charge in [-0.15, -0.1) is 0 Å². The highest BCUT2D eigenvalue weighted by molar-refractivity contribution is 6.31. The Morgan fingerprint density at radius 2 is 1.67 bits per heavy atom. The highest BCUT2D eigenvalue weighted by Crippen LogP contribution is 2.40. The Hall–Kier alpha value is -0.590. The number of aliphatic hydroxyl groups is 1. The summed E-state index contributed by atoms with van der Waals surface area (Å²) in [7, 11) is 0. The van der Waals surface area contributed by atoms with Crippen LogP contribution in [-0.4, -0.2) is 10.5 Å². The van der Waals surface area contributed by atoms with Gasteiger partial charge in [-0.05, 0) is 41.8 Å². The second kappa shape index (κ2) is 4.83. The maximum Gasteiger partial charge on any atom is 0.416 e. The fourth-order valence-electron chi connectivity index (χ4n) is 1.34. The van der Waals surface area contributed by atoms with E-state index in [1.807, 2.05) is 0 Å². The number of hydrogen-bond donors (Lipinski definition) is 1. The van der Waals surface area contributed by atoms with Gasteiger partial charge in [0.1, 0.15) is 0 Å². The Kier molecular flexibility index (Phi) is 4.15. The minimum absolute atomic E-state index is 0.307. The van der Waals surface area contributed by atoms with E-state index in [0.29, 0.717) is 6.07 Å². The van der Waals surface area contributed by atoms with Gasteiger partial charge in [-0.2, -0.15) is 22.0 Å². The molecular formula is C10H7Cl2F5O. The highest BCUT2D eigenvalue weighted by Gasteiger charge is 2.40. The van der Waals surface area contributed by atoms with Crippen LogP contribution in [0.25, 0.3) is 0 Å². The van der Waals surface area contributed by atoms with Crippen LogP contribution in [0.3, 0.4) is 0 Å². The van der Waals surface area contributed by atoms with E-state index in [-0.39, 0.29) is 10.6 Å². The van der Waals surface area contributed by atoms with Gasteiger partial charge in [0.25, 0.3) is 0 Å². The average molecular weight is 309 g/mol. The van der Waals surface area contributed by atoms with Crippen molar-refractivity contribution in [3.8, 4) is 0 Å². The maximum absolute atomic E-state index is 12.7. The zero-order chi connectivity index (χ0) is 14.3. The molecule has 1 rings (SSSR count). The van der Waals surface area contributed by atoms with Crippen molar-refractivity contribution in [2.75, 3.05) is 0 Å². The Morgan fingerprint density at radius 1 is 1.17 bits per heavy atom. The third-order valence-electron chi connectivity index (χ3n) is 2.30. The Balaban J connectivity index is 3.38. The van der Waals surface area contributed by atoms with Crippen LogP contribution >= 0.6 is 23.2 Å². The number of hydrogen-bond acceptors (Lipinski definition) is 1. The molecule has 1 atom stereocenters. The monoisotopic (exact) mass is 308 g/mol. The number of benzene rings is 1. The third kappa shape index (κ3) is 3.24. The molecule has 8 heteroatoms. The molecule has 1 unspecified atom stereocenters.